The van der Waals surface area contributed by atoms with Gasteiger partial charge in [0.25, 0.3) is 0 Å². The van der Waals surface area contributed by atoms with Crippen LogP contribution in [-0.4, -0.2) is 13.4 Å². The molecule has 0 saturated carbocycles. The Morgan fingerprint density at radius 1 is 1.11 bits per heavy atom. The first-order chi connectivity index (χ1) is 9.24. The minimum Gasteiger partial charge on any atom is -0.496 e. The van der Waals surface area contributed by atoms with Gasteiger partial charge in [-0.05, 0) is 42.0 Å². The lowest BCUT2D eigenvalue weighted by molar-refractivity contribution is 0.409. The molecule has 19 heavy (non-hydrogen) atoms. The summed E-state index contributed by atoms with van der Waals surface area (Å²) >= 11 is 5.53. The zero-order chi connectivity index (χ0) is 13.7. The van der Waals surface area contributed by atoms with Crippen LogP contribution in [0.5, 0.6) is 5.75 Å². The largest absolute Gasteiger partial charge is 0.496 e. The van der Waals surface area contributed by atoms with E-state index in [0.29, 0.717) is 4.83 Å². The number of benzene rings is 2. The summed E-state index contributed by atoms with van der Waals surface area (Å²) in [5.74, 6) is 0.952. The molecule has 2 rings (SSSR count). The van der Waals surface area contributed by atoms with E-state index in [1.165, 1.54) is 16.0 Å². The van der Waals surface area contributed by atoms with Crippen LogP contribution in [0.1, 0.15) is 16.0 Å². The average molecular weight is 337 g/mol. The van der Waals surface area contributed by atoms with Crippen molar-refractivity contribution in [3.05, 3.63) is 59.7 Å². The molecule has 0 aliphatic heterocycles. The highest BCUT2D eigenvalue weighted by Crippen LogP contribution is 2.31. The van der Waals surface area contributed by atoms with Crippen molar-refractivity contribution in [1.82, 2.24) is 0 Å². The van der Waals surface area contributed by atoms with E-state index in [1.54, 1.807) is 18.9 Å². The maximum atomic E-state index is 5.39. The van der Waals surface area contributed by atoms with Crippen LogP contribution in [0, 0.1) is 0 Å². The zero-order valence-electron chi connectivity index (χ0n) is 11.1. The highest BCUT2D eigenvalue weighted by atomic mass is 79.9. The van der Waals surface area contributed by atoms with Gasteiger partial charge in [-0.25, -0.2) is 0 Å². The monoisotopic (exact) mass is 336 g/mol. The number of hydrogen-bond acceptors (Lipinski definition) is 2. The van der Waals surface area contributed by atoms with E-state index >= 15 is 0 Å². The van der Waals surface area contributed by atoms with Crippen molar-refractivity contribution in [3.63, 3.8) is 0 Å². The van der Waals surface area contributed by atoms with Gasteiger partial charge in [0.2, 0.25) is 0 Å². The fourth-order valence-electron chi connectivity index (χ4n) is 2.00. The molecule has 0 aromatic heterocycles. The van der Waals surface area contributed by atoms with Gasteiger partial charge in [-0.15, -0.1) is 11.8 Å². The molecule has 2 aromatic rings. The Balaban J connectivity index is 2.13. The summed E-state index contributed by atoms with van der Waals surface area (Å²) < 4.78 is 5.39. The van der Waals surface area contributed by atoms with Crippen LogP contribution in [0.3, 0.4) is 0 Å². The van der Waals surface area contributed by atoms with E-state index in [9.17, 15) is 0 Å². The molecular weight excluding hydrogens is 320 g/mol. The van der Waals surface area contributed by atoms with E-state index < -0.39 is 0 Å². The second kappa shape index (κ2) is 7.01. The number of alkyl halides is 1. The van der Waals surface area contributed by atoms with Crippen molar-refractivity contribution in [1.29, 1.82) is 0 Å². The molecule has 0 radical (unpaired) electrons. The maximum absolute atomic E-state index is 5.39. The topological polar surface area (TPSA) is 9.23 Å². The quantitative estimate of drug-likeness (QED) is 0.555. The van der Waals surface area contributed by atoms with Gasteiger partial charge in [0.05, 0.1) is 7.11 Å². The van der Waals surface area contributed by atoms with Gasteiger partial charge < -0.3 is 4.74 Å². The van der Waals surface area contributed by atoms with Crippen LogP contribution in [0.4, 0.5) is 0 Å². The van der Waals surface area contributed by atoms with Crippen LogP contribution < -0.4 is 4.74 Å². The van der Waals surface area contributed by atoms with E-state index in [4.69, 9.17) is 4.74 Å². The molecule has 0 N–H and O–H groups in total. The molecule has 1 unspecified atom stereocenters. The lowest BCUT2D eigenvalue weighted by Gasteiger charge is -2.13. The molecule has 0 spiro atoms. The second-order valence-electron chi connectivity index (χ2n) is 4.26. The van der Waals surface area contributed by atoms with E-state index in [-0.39, 0.29) is 0 Å². The molecule has 0 heterocycles. The standard InChI is InChI=1S/C16H17BrOS/c1-18-16-6-4-3-5-13(16)11-15(17)12-7-9-14(19-2)10-8-12/h3-10,15H,11H2,1-2H3. The molecule has 2 aromatic carbocycles. The van der Waals surface area contributed by atoms with E-state index in [0.717, 1.165) is 12.2 Å². The molecule has 0 aliphatic carbocycles. The van der Waals surface area contributed by atoms with Gasteiger partial charge in [-0.2, -0.15) is 0 Å². The molecule has 0 fully saturated rings. The normalized spacial score (nSPS) is 12.2. The smallest absolute Gasteiger partial charge is 0.122 e. The Labute approximate surface area is 127 Å². The van der Waals surface area contributed by atoms with Gasteiger partial charge in [-0.1, -0.05) is 46.3 Å². The number of ether oxygens (including phenoxy) is 1. The molecular formula is C16H17BrOS. The Bertz CT molecular complexity index is 525. The fourth-order valence-corrected chi connectivity index (χ4v) is 3.06. The van der Waals surface area contributed by atoms with Crippen LogP contribution in [0.15, 0.2) is 53.4 Å². The van der Waals surface area contributed by atoms with Crippen molar-refractivity contribution in [2.75, 3.05) is 13.4 Å². The molecule has 0 amide bonds. The van der Waals surface area contributed by atoms with Gasteiger partial charge in [0.1, 0.15) is 5.75 Å². The molecule has 0 aliphatic rings. The number of para-hydroxylation sites is 1. The third-order valence-corrected chi connectivity index (χ3v) is 4.67. The summed E-state index contributed by atoms with van der Waals surface area (Å²) in [6.07, 6.45) is 3.01. The fraction of sp³-hybridized carbons (Fsp3) is 0.250. The lowest BCUT2D eigenvalue weighted by Crippen LogP contribution is -1.98. The Morgan fingerprint density at radius 3 is 2.42 bits per heavy atom. The summed E-state index contributed by atoms with van der Waals surface area (Å²) in [5.41, 5.74) is 2.52. The SMILES string of the molecule is COc1ccccc1CC(Br)c1ccc(SC)cc1. The second-order valence-corrected chi connectivity index (χ2v) is 6.24. The van der Waals surface area contributed by atoms with E-state index in [2.05, 4.69) is 52.5 Å². The Hall–Kier alpha value is -0.930. The van der Waals surface area contributed by atoms with Crippen molar-refractivity contribution >= 4 is 27.7 Å². The number of thioether (sulfide) groups is 1. The molecule has 100 valence electrons. The van der Waals surface area contributed by atoms with Gasteiger partial charge in [0, 0.05) is 9.72 Å². The number of rotatable bonds is 5. The Morgan fingerprint density at radius 2 is 1.79 bits per heavy atom. The van der Waals surface area contributed by atoms with Crippen LogP contribution in [-0.2, 0) is 6.42 Å². The first-order valence-electron chi connectivity index (χ1n) is 6.14. The van der Waals surface area contributed by atoms with Gasteiger partial charge in [-0.3, -0.25) is 0 Å². The van der Waals surface area contributed by atoms with Crippen molar-refractivity contribution in [2.45, 2.75) is 16.1 Å². The predicted octanol–water partition coefficient (Wildman–Crippen LogP) is 5.10. The van der Waals surface area contributed by atoms with Gasteiger partial charge in [0.15, 0.2) is 0 Å². The first kappa shape index (κ1) is 14.5. The zero-order valence-corrected chi connectivity index (χ0v) is 13.5. The number of methoxy groups -OCH3 is 1. The summed E-state index contributed by atoms with van der Waals surface area (Å²) in [7, 11) is 1.72. The lowest BCUT2D eigenvalue weighted by atomic mass is 10.0. The molecule has 3 heteroatoms. The van der Waals surface area contributed by atoms with Crippen molar-refractivity contribution in [3.8, 4) is 5.75 Å². The molecule has 1 atom stereocenters. The molecule has 0 bridgehead atoms. The van der Waals surface area contributed by atoms with Crippen molar-refractivity contribution < 1.29 is 4.74 Å². The van der Waals surface area contributed by atoms with Crippen LogP contribution in [0.2, 0.25) is 0 Å². The maximum Gasteiger partial charge on any atom is 0.122 e. The minimum absolute atomic E-state index is 0.305. The highest BCUT2D eigenvalue weighted by Gasteiger charge is 2.11. The summed E-state index contributed by atoms with van der Waals surface area (Å²) in [5, 5.41) is 0. The van der Waals surface area contributed by atoms with Crippen LogP contribution in [0.25, 0.3) is 0 Å². The highest BCUT2D eigenvalue weighted by molar-refractivity contribution is 9.09. The molecule has 0 saturated heterocycles. The summed E-state index contributed by atoms with van der Waals surface area (Å²) in [4.78, 5) is 1.60. The predicted molar refractivity (Wildman–Crippen MR) is 86.6 cm³/mol. The first-order valence-corrected chi connectivity index (χ1v) is 8.28. The minimum atomic E-state index is 0.305. The third kappa shape index (κ3) is 3.77. The number of hydrogen-bond donors (Lipinski definition) is 0. The summed E-state index contributed by atoms with van der Waals surface area (Å²) in [6, 6.07) is 16.9. The Kier molecular flexibility index (Phi) is 5.34. The van der Waals surface area contributed by atoms with Crippen molar-refractivity contribution in [2.24, 2.45) is 0 Å². The van der Waals surface area contributed by atoms with E-state index in [1.807, 2.05) is 18.2 Å². The van der Waals surface area contributed by atoms with Crippen LogP contribution >= 0.6 is 27.7 Å². The molecule has 1 nitrogen and oxygen atoms in total. The number of halogens is 1. The van der Waals surface area contributed by atoms with Gasteiger partial charge >= 0.3 is 0 Å². The average Bonchev–Trinajstić information content (AvgIpc) is 2.48. The summed E-state index contributed by atoms with van der Waals surface area (Å²) in [6.45, 7) is 0. The third-order valence-electron chi connectivity index (χ3n) is 3.07.